The predicted molar refractivity (Wildman–Crippen MR) is 93.2 cm³/mol. The molecule has 0 aliphatic carbocycles. The summed E-state index contributed by atoms with van der Waals surface area (Å²) in [5.41, 5.74) is 1.04. The van der Waals surface area contributed by atoms with Crippen LogP contribution in [0.3, 0.4) is 0 Å². The molecule has 2 saturated heterocycles. The fraction of sp³-hybridized carbons (Fsp3) is 0.765. The lowest BCUT2D eigenvalue weighted by molar-refractivity contribution is 0.170. The van der Waals surface area contributed by atoms with Crippen molar-refractivity contribution in [3.05, 3.63) is 11.8 Å². The van der Waals surface area contributed by atoms with E-state index >= 15 is 0 Å². The number of aliphatic hydroxyl groups excluding tert-OH is 1. The Balaban J connectivity index is 1.77. The lowest BCUT2D eigenvalue weighted by atomic mass is 10.1. The van der Waals surface area contributed by atoms with E-state index in [1.165, 1.54) is 19.3 Å². The Bertz CT molecular complexity index is 518. The highest BCUT2D eigenvalue weighted by molar-refractivity contribution is 5.46. The topological polar surface area (TPSA) is 55.7 Å². The van der Waals surface area contributed by atoms with Crippen LogP contribution in [0, 0.1) is 6.92 Å². The van der Waals surface area contributed by atoms with Crippen LogP contribution in [0.25, 0.3) is 0 Å². The molecule has 23 heavy (non-hydrogen) atoms. The van der Waals surface area contributed by atoms with Crippen molar-refractivity contribution < 1.29 is 5.11 Å². The molecule has 0 spiro atoms. The van der Waals surface area contributed by atoms with E-state index in [-0.39, 0.29) is 6.61 Å². The number of aryl methyl sites for hydroxylation is 1. The van der Waals surface area contributed by atoms with E-state index < -0.39 is 0 Å². The van der Waals surface area contributed by atoms with Crippen LogP contribution >= 0.6 is 0 Å². The molecular weight excluding hydrogens is 290 g/mol. The van der Waals surface area contributed by atoms with E-state index in [9.17, 15) is 5.11 Å². The van der Waals surface area contributed by atoms with Gasteiger partial charge in [0, 0.05) is 57.1 Å². The number of hydrogen-bond donors (Lipinski definition) is 1. The van der Waals surface area contributed by atoms with Gasteiger partial charge in [-0.1, -0.05) is 0 Å². The van der Waals surface area contributed by atoms with E-state index in [0.717, 1.165) is 56.6 Å². The van der Waals surface area contributed by atoms with Crippen molar-refractivity contribution in [1.29, 1.82) is 0 Å². The van der Waals surface area contributed by atoms with Crippen LogP contribution in [-0.2, 0) is 0 Å². The minimum Gasteiger partial charge on any atom is -0.396 e. The summed E-state index contributed by atoms with van der Waals surface area (Å²) < 4.78 is 0. The zero-order chi connectivity index (χ0) is 16.2. The second kappa shape index (κ2) is 7.45. The highest BCUT2D eigenvalue weighted by Gasteiger charge is 2.25. The number of anilines is 2. The molecule has 0 unspecified atom stereocenters. The maximum absolute atomic E-state index is 9.27. The molecule has 6 nitrogen and oxygen atoms in total. The number of likely N-dealkylation sites (N-methyl/N-ethyl adjacent to an activating group) is 1. The number of aromatic nitrogens is 2. The van der Waals surface area contributed by atoms with Crippen LogP contribution < -0.4 is 9.80 Å². The third kappa shape index (κ3) is 3.93. The SMILES string of the molecule is Cc1cc(N2CCN(C)[C@H](CCO)C2)nc(N2CCCCC2)n1. The number of aliphatic hydroxyl groups is 1. The molecule has 2 fully saturated rings. The van der Waals surface area contributed by atoms with E-state index in [0.29, 0.717) is 6.04 Å². The lowest BCUT2D eigenvalue weighted by Gasteiger charge is -2.40. The highest BCUT2D eigenvalue weighted by Crippen LogP contribution is 2.23. The molecule has 128 valence electrons. The van der Waals surface area contributed by atoms with Gasteiger partial charge in [-0.05, 0) is 39.7 Å². The van der Waals surface area contributed by atoms with Crippen molar-refractivity contribution in [2.24, 2.45) is 0 Å². The van der Waals surface area contributed by atoms with Crippen LogP contribution in [0.5, 0.6) is 0 Å². The summed E-state index contributed by atoms with van der Waals surface area (Å²) in [7, 11) is 2.14. The van der Waals surface area contributed by atoms with E-state index in [1.54, 1.807) is 0 Å². The molecule has 0 saturated carbocycles. The Kier molecular flexibility index (Phi) is 5.33. The quantitative estimate of drug-likeness (QED) is 0.902. The summed E-state index contributed by atoms with van der Waals surface area (Å²) in [6, 6.07) is 2.48. The van der Waals surface area contributed by atoms with Crippen LogP contribution in [0.2, 0.25) is 0 Å². The monoisotopic (exact) mass is 319 g/mol. The zero-order valence-corrected chi connectivity index (χ0v) is 14.4. The fourth-order valence-electron chi connectivity index (χ4n) is 3.55. The van der Waals surface area contributed by atoms with Crippen molar-refractivity contribution in [2.75, 3.05) is 56.2 Å². The molecule has 0 amide bonds. The van der Waals surface area contributed by atoms with Crippen molar-refractivity contribution in [1.82, 2.24) is 14.9 Å². The summed E-state index contributed by atoms with van der Waals surface area (Å²) in [4.78, 5) is 16.5. The molecule has 0 radical (unpaired) electrons. The highest BCUT2D eigenvalue weighted by atomic mass is 16.3. The standard InChI is InChI=1S/C17H29N5O/c1-14-12-16(19-17(18-14)21-7-4-3-5-8-21)22-10-9-20(2)15(13-22)6-11-23/h12,15,23H,3-11,13H2,1-2H3/t15-/m1/s1. The molecule has 1 atom stereocenters. The van der Waals surface area contributed by atoms with Gasteiger partial charge in [-0.15, -0.1) is 0 Å². The van der Waals surface area contributed by atoms with Crippen LogP contribution in [0.4, 0.5) is 11.8 Å². The third-order valence-electron chi connectivity index (χ3n) is 5.03. The molecule has 1 aromatic rings. The smallest absolute Gasteiger partial charge is 0.227 e. The zero-order valence-electron chi connectivity index (χ0n) is 14.4. The number of nitrogens with zero attached hydrogens (tertiary/aromatic N) is 5. The minimum absolute atomic E-state index is 0.241. The molecule has 2 aliphatic rings. The van der Waals surface area contributed by atoms with Gasteiger partial charge in [0.2, 0.25) is 5.95 Å². The van der Waals surface area contributed by atoms with Crippen molar-refractivity contribution in [2.45, 2.75) is 38.6 Å². The first-order valence-corrected chi connectivity index (χ1v) is 8.84. The summed E-state index contributed by atoms with van der Waals surface area (Å²) in [5, 5.41) is 9.27. The van der Waals surface area contributed by atoms with Gasteiger partial charge < -0.3 is 14.9 Å². The van der Waals surface area contributed by atoms with Crippen molar-refractivity contribution >= 4 is 11.8 Å². The van der Waals surface area contributed by atoms with Gasteiger partial charge in [-0.3, -0.25) is 4.90 Å². The Morgan fingerprint density at radius 3 is 2.61 bits per heavy atom. The minimum atomic E-state index is 0.241. The first-order valence-electron chi connectivity index (χ1n) is 8.84. The summed E-state index contributed by atoms with van der Waals surface area (Å²) in [5.74, 6) is 1.92. The Labute approximate surface area is 139 Å². The van der Waals surface area contributed by atoms with Gasteiger partial charge in [-0.2, -0.15) is 4.98 Å². The normalized spacial score (nSPS) is 23.3. The third-order valence-corrected chi connectivity index (χ3v) is 5.03. The predicted octanol–water partition coefficient (Wildman–Crippen LogP) is 1.28. The Hall–Kier alpha value is -1.40. The maximum atomic E-state index is 9.27. The van der Waals surface area contributed by atoms with Gasteiger partial charge in [0.05, 0.1) is 0 Å². The summed E-state index contributed by atoms with van der Waals surface area (Å²) >= 11 is 0. The van der Waals surface area contributed by atoms with Gasteiger partial charge in [-0.25, -0.2) is 4.98 Å². The second-order valence-corrected chi connectivity index (χ2v) is 6.81. The summed E-state index contributed by atoms with van der Waals surface area (Å²) in [6.07, 6.45) is 4.60. The number of rotatable bonds is 4. The van der Waals surface area contributed by atoms with E-state index in [2.05, 4.69) is 39.7 Å². The van der Waals surface area contributed by atoms with Gasteiger partial charge in [0.1, 0.15) is 5.82 Å². The average Bonchev–Trinajstić information content (AvgIpc) is 2.57. The van der Waals surface area contributed by atoms with E-state index in [4.69, 9.17) is 4.98 Å². The maximum Gasteiger partial charge on any atom is 0.227 e. The first kappa shape index (κ1) is 16.5. The molecule has 1 N–H and O–H groups in total. The average molecular weight is 319 g/mol. The lowest BCUT2D eigenvalue weighted by Crippen LogP contribution is -2.52. The molecular formula is C17H29N5O. The fourth-order valence-corrected chi connectivity index (χ4v) is 3.55. The van der Waals surface area contributed by atoms with Crippen molar-refractivity contribution in [3.8, 4) is 0 Å². The van der Waals surface area contributed by atoms with Crippen LogP contribution in [-0.4, -0.2) is 72.4 Å². The summed E-state index contributed by atoms with van der Waals surface area (Å²) in [6.45, 7) is 7.34. The van der Waals surface area contributed by atoms with Crippen LogP contribution in [0.1, 0.15) is 31.4 Å². The largest absolute Gasteiger partial charge is 0.396 e. The van der Waals surface area contributed by atoms with Gasteiger partial charge >= 0.3 is 0 Å². The van der Waals surface area contributed by atoms with Crippen molar-refractivity contribution in [3.63, 3.8) is 0 Å². The molecule has 6 heteroatoms. The molecule has 0 bridgehead atoms. The van der Waals surface area contributed by atoms with E-state index in [1.807, 2.05) is 0 Å². The molecule has 2 aliphatic heterocycles. The number of piperidine rings is 1. The van der Waals surface area contributed by atoms with Crippen LogP contribution in [0.15, 0.2) is 6.07 Å². The second-order valence-electron chi connectivity index (χ2n) is 6.81. The van der Waals surface area contributed by atoms with Gasteiger partial charge in [0.15, 0.2) is 0 Å². The first-order chi connectivity index (χ1) is 11.2. The Morgan fingerprint density at radius 2 is 1.87 bits per heavy atom. The van der Waals surface area contributed by atoms with Gasteiger partial charge in [0.25, 0.3) is 0 Å². The number of piperazine rings is 1. The molecule has 0 aromatic carbocycles. The molecule has 3 rings (SSSR count). The molecule has 3 heterocycles. The Morgan fingerprint density at radius 1 is 1.09 bits per heavy atom. The molecule has 1 aromatic heterocycles. The number of hydrogen-bond acceptors (Lipinski definition) is 6.